The molecule has 0 aliphatic carbocycles. The van der Waals surface area contributed by atoms with Gasteiger partial charge in [0.15, 0.2) is 6.10 Å². The highest BCUT2D eigenvalue weighted by molar-refractivity contribution is 5.94. The third-order valence-corrected chi connectivity index (χ3v) is 4.74. The summed E-state index contributed by atoms with van der Waals surface area (Å²) in [5, 5.41) is 13.3. The van der Waals surface area contributed by atoms with Crippen LogP contribution in [0.3, 0.4) is 0 Å². The molecule has 1 aliphatic rings. The predicted molar refractivity (Wildman–Crippen MR) is 115 cm³/mol. The molecule has 0 radical (unpaired) electrons. The number of benzene rings is 3. The third kappa shape index (κ3) is 4.87. The molecular formula is C23H19N3O5. The van der Waals surface area contributed by atoms with E-state index in [4.69, 9.17) is 14.5 Å². The van der Waals surface area contributed by atoms with Gasteiger partial charge < -0.3 is 9.47 Å². The van der Waals surface area contributed by atoms with Crippen molar-refractivity contribution < 1.29 is 19.2 Å². The lowest BCUT2D eigenvalue weighted by Gasteiger charge is -2.29. The maximum absolute atomic E-state index is 12.5. The number of anilines is 1. The van der Waals surface area contributed by atoms with Crippen molar-refractivity contribution in [3.63, 3.8) is 0 Å². The van der Waals surface area contributed by atoms with Gasteiger partial charge in [-0.2, -0.15) is 0 Å². The summed E-state index contributed by atoms with van der Waals surface area (Å²) in [5.74, 6) is 0.491. The smallest absolute Gasteiger partial charge is 0.412 e. The van der Waals surface area contributed by atoms with E-state index in [0.717, 1.165) is 11.1 Å². The van der Waals surface area contributed by atoms with Gasteiger partial charge in [-0.15, -0.1) is 0 Å². The first-order chi connectivity index (χ1) is 15.1. The van der Waals surface area contributed by atoms with E-state index in [1.54, 1.807) is 0 Å². The molecule has 1 amide bonds. The summed E-state index contributed by atoms with van der Waals surface area (Å²) < 4.78 is 11.4. The standard InChI is InChI=1S/C23H19N3O5/c27-23(24-18-11-13-19(14-12-18)26(28)29)31-20-15-30-22(17-9-5-2-6-10-17)25-21(20)16-7-3-1-4-8-16/h1-14,20-21H,15H2,(H,24,27). The molecule has 0 fully saturated rings. The normalized spacial score (nSPS) is 17.7. The van der Waals surface area contributed by atoms with Gasteiger partial charge in [-0.05, 0) is 29.8 Å². The molecule has 0 saturated carbocycles. The van der Waals surface area contributed by atoms with Crippen LogP contribution >= 0.6 is 0 Å². The number of nitrogens with one attached hydrogen (secondary N) is 1. The van der Waals surface area contributed by atoms with Gasteiger partial charge in [-0.1, -0.05) is 48.5 Å². The molecule has 3 aromatic rings. The molecule has 1 heterocycles. The molecule has 3 aromatic carbocycles. The highest BCUT2D eigenvalue weighted by Crippen LogP contribution is 2.29. The van der Waals surface area contributed by atoms with Crippen LogP contribution in [0.1, 0.15) is 17.2 Å². The Bertz CT molecular complexity index is 1090. The fourth-order valence-electron chi connectivity index (χ4n) is 3.23. The van der Waals surface area contributed by atoms with Gasteiger partial charge >= 0.3 is 6.09 Å². The summed E-state index contributed by atoms with van der Waals surface area (Å²) in [5.41, 5.74) is 2.06. The Morgan fingerprint density at radius 2 is 1.65 bits per heavy atom. The average molecular weight is 417 g/mol. The van der Waals surface area contributed by atoms with Crippen molar-refractivity contribution in [3.05, 3.63) is 106 Å². The summed E-state index contributed by atoms with van der Waals surface area (Å²) in [6, 6.07) is 24.1. The SMILES string of the molecule is O=C(Nc1ccc([N+](=O)[O-])cc1)OC1COC(c2ccccc2)=NC1c1ccccc1. The number of aliphatic imine (C=N–C) groups is 1. The zero-order chi connectivity index (χ0) is 21.6. The summed E-state index contributed by atoms with van der Waals surface area (Å²) in [7, 11) is 0. The van der Waals surface area contributed by atoms with Gasteiger partial charge in [0, 0.05) is 23.4 Å². The Balaban J connectivity index is 1.51. The molecule has 2 atom stereocenters. The lowest BCUT2D eigenvalue weighted by Crippen LogP contribution is -2.36. The van der Waals surface area contributed by atoms with Crippen LogP contribution in [0.4, 0.5) is 16.2 Å². The number of non-ortho nitro benzene ring substituents is 1. The minimum Gasteiger partial charge on any atom is -0.473 e. The highest BCUT2D eigenvalue weighted by atomic mass is 16.6. The first-order valence-corrected chi connectivity index (χ1v) is 9.63. The Kier molecular flexibility index (Phi) is 5.89. The molecule has 0 bridgehead atoms. The van der Waals surface area contributed by atoms with E-state index in [2.05, 4.69) is 5.32 Å². The summed E-state index contributed by atoms with van der Waals surface area (Å²) in [4.78, 5) is 27.4. The zero-order valence-corrected chi connectivity index (χ0v) is 16.4. The molecule has 0 spiro atoms. The molecule has 2 unspecified atom stereocenters. The van der Waals surface area contributed by atoms with Crippen molar-refractivity contribution in [3.8, 4) is 0 Å². The molecule has 1 N–H and O–H groups in total. The Morgan fingerprint density at radius 3 is 2.29 bits per heavy atom. The Labute approximate surface area is 178 Å². The lowest BCUT2D eigenvalue weighted by atomic mass is 10.0. The quantitative estimate of drug-likeness (QED) is 0.477. The van der Waals surface area contributed by atoms with Crippen LogP contribution in [0.5, 0.6) is 0 Å². The number of hydrogen-bond acceptors (Lipinski definition) is 6. The maximum atomic E-state index is 12.5. The van der Waals surface area contributed by atoms with Crippen molar-refractivity contribution in [2.45, 2.75) is 12.1 Å². The van der Waals surface area contributed by atoms with Crippen LogP contribution in [-0.4, -0.2) is 29.6 Å². The van der Waals surface area contributed by atoms with E-state index in [0.29, 0.717) is 11.6 Å². The van der Waals surface area contributed by atoms with E-state index >= 15 is 0 Å². The summed E-state index contributed by atoms with van der Waals surface area (Å²) in [6.07, 6.45) is -1.34. The van der Waals surface area contributed by atoms with Crippen LogP contribution in [0.2, 0.25) is 0 Å². The fourth-order valence-corrected chi connectivity index (χ4v) is 3.23. The number of nitro groups is 1. The topological polar surface area (TPSA) is 103 Å². The number of rotatable bonds is 5. The molecule has 156 valence electrons. The van der Waals surface area contributed by atoms with Crippen LogP contribution in [0.15, 0.2) is 89.9 Å². The average Bonchev–Trinajstić information content (AvgIpc) is 2.81. The number of nitro benzene ring substituents is 1. The monoisotopic (exact) mass is 417 g/mol. The van der Waals surface area contributed by atoms with Crippen molar-refractivity contribution in [1.29, 1.82) is 0 Å². The van der Waals surface area contributed by atoms with E-state index in [1.165, 1.54) is 24.3 Å². The summed E-state index contributed by atoms with van der Waals surface area (Å²) >= 11 is 0. The Morgan fingerprint density at radius 1 is 1.00 bits per heavy atom. The first-order valence-electron chi connectivity index (χ1n) is 9.63. The van der Waals surface area contributed by atoms with Gasteiger partial charge in [-0.25, -0.2) is 9.79 Å². The predicted octanol–water partition coefficient (Wildman–Crippen LogP) is 4.73. The minimum atomic E-state index is -0.693. The fraction of sp³-hybridized carbons (Fsp3) is 0.130. The molecule has 31 heavy (non-hydrogen) atoms. The number of ether oxygens (including phenoxy) is 2. The molecule has 1 aliphatic heterocycles. The van der Waals surface area contributed by atoms with Gasteiger partial charge in [-0.3, -0.25) is 15.4 Å². The van der Waals surface area contributed by atoms with Gasteiger partial charge in [0.2, 0.25) is 5.90 Å². The second kappa shape index (κ2) is 9.08. The largest absolute Gasteiger partial charge is 0.473 e. The number of nitrogens with zero attached hydrogens (tertiary/aromatic N) is 2. The molecule has 8 heteroatoms. The van der Waals surface area contributed by atoms with Gasteiger partial charge in [0.05, 0.1) is 4.92 Å². The van der Waals surface area contributed by atoms with E-state index in [9.17, 15) is 14.9 Å². The highest BCUT2D eigenvalue weighted by Gasteiger charge is 2.32. The summed E-state index contributed by atoms with van der Waals surface area (Å²) in [6.45, 7) is 0.140. The van der Waals surface area contributed by atoms with E-state index in [-0.39, 0.29) is 12.3 Å². The molecule has 0 aromatic heterocycles. The van der Waals surface area contributed by atoms with Crippen molar-refractivity contribution >= 4 is 23.4 Å². The number of carbonyl (C=O) groups excluding carboxylic acids is 1. The molecular weight excluding hydrogens is 398 g/mol. The van der Waals surface area contributed by atoms with Gasteiger partial charge in [0.1, 0.15) is 12.6 Å². The second-order valence-corrected chi connectivity index (χ2v) is 6.84. The Hall–Kier alpha value is -4.20. The molecule has 8 nitrogen and oxygen atoms in total. The third-order valence-electron chi connectivity index (χ3n) is 4.74. The van der Waals surface area contributed by atoms with Crippen LogP contribution in [0.25, 0.3) is 0 Å². The van der Waals surface area contributed by atoms with E-state index in [1.807, 2.05) is 60.7 Å². The zero-order valence-electron chi connectivity index (χ0n) is 16.4. The first kappa shape index (κ1) is 20.1. The van der Waals surface area contributed by atoms with Crippen molar-refractivity contribution in [1.82, 2.24) is 0 Å². The molecule has 0 saturated heterocycles. The van der Waals surface area contributed by atoms with E-state index < -0.39 is 23.2 Å². The molecule has 4 rings (SSSR count). The van der Waals surface area contributed by atoms with Crippen LogP contribution in [0, 0.1) is 10.1 Å². The minimum absolute atomic E-state index is 0.0634. The van der Waals surface area contributed by atoms with Gasteiger partial charge in [0.25, 0.3) is 5.69 Å². The van der Waals surface area contributed by atoms with Crippen LogP contribution in [-0.2, 0) is 9.47 Å². The second-order valence-electron chi connectivity index (χ2n) is 6.84. The number of hydrogen-bond donors (Lipinski definition) is 1. The number of carbonyl (C=O) groups is 1. The lowest BCUT2D eigenvalue weighted by molar-refractivity contribution is -0.384. The van der Waals surface area contributed by atoms with Crippen LogP contribution < -0.4 is 5.32 Å². The van der Waals surface area contributed by atoms with Crippen molar-refractivity contribution in [2.75, 3.05) is 11.9 Å². The number of amides is 1. The van der Waals surface area contributed by atoms with Crippen molar-refractivity contribution in [2.24, 2.45) is 4.99 Å². The maximum Gasteiger partial charge on any atom is 0.412 e.